The van der Waals surface area contributed by atoms with E-state index in [4.69, 9.17) is 4.74 Å². The lowest BCUT2D eigenvalue weighted by Crippen LogP contribution is -2.22. The maximum atomic E-state index is 12.0. The molecule has 1 aromatic heterocycles. The number of benzene rings is 1. The van der Waals surface area contributed by atoms with E-state index < -0.39 is 25.1 Å². The largest absolute Gasteiger partial charge is 0.456 e. The first-order valence-electron chi connectivity index (χ1n) is 7.50. The molecule has 1 amide bonds. The molecule has 0 aliphatic heterocycles. The molecule has 0 unspecified atom stereocenters. The first-order valence-corrected chi connectivity index (χ1v) is 8.38. The number of nitrogens with zero attached hydrogens (tertiary/aromatic N) is 1. The summed E-state index contributed by atoms with van der Waals surface area (Å²) in [5, 5.41) is 4.15. The van der Waals surface area contributed by atoms with Crippen molar-refractivity contribution in [2.75, 3.05) is 11.9 Å². The predicted octanol–water partition coefficient (Wildman–Crippen LogP) is 2.39. The lowest BCUT2D eigenvalue weighted by atomic mass is 10.3. The van der Waals surface area contributed by atoms with Crippen LogP contribution >= 0.6 is 11.3 Å². The third-order valence-corrected chi connectivity index (χ3v) is 4.12. The third-order valence-electron chi connectivity index (χ3n) is 3.24. The molecule has 0 atom stereocenters. The van der Waals surface area contributed by atoms with Gasteiger partial charge in [-0.25, -0.2) is 0 Å². The van der Waals surface area contributed by atoms with Crippen LogP contribution < -0.4 is 14.9 Å². The number of rotatable bonds is 8. The fraction of sp³-hybridized carbons (Fsp3) is 0.312. The number of carbonyl (C=O) groups is 2. The number of alkyl halides is 2. The SMILES string of the molecule is Cc1csc(=O)n1CCC(=O)OCC(=O)Nc1ccc(OC(F)F)cc1. The molecule has 10 heteroatoms. The molecular weight excluding hydrogens is 370 g/mol. The lowest BCUT2D eigenvalue weighted by Gasteiger charge is -2.08. The summed E-state index contributed by atoms with van der Waals surface area (Å²) in [5.74, 6) is -1.23. The summed E-state index contributed by atoms with van der Waals surface area (Å²) in [5.41, 5.74) is 1.10. The number of ether oxygens (including phenoxy) is 2. The molecule has 26 heavy (non-hydrogen) atoms. The van der Waals surface area contributed by atoms with Crippen molar-refractivity contribution in [3.05, 3.63) is 45.0 Å². The van der Waals surface area contributed by atoms with Crippen LogP contribution in [0.15, 0.2) is 34.4 Å². The number of anilines is 1. The Hall–Kier alpha value is -2.75. The topological polar surface area (TPSA) is 86.6 Å². The Bertz CT molecular complexity index is 817. The van der Waals surface area contributed by atoms with Crippen molar-refractivity contribution in [1.29, 1.82) is 0 Å². The highest BCUT2D eigenvalue weighted by Crippen LogP contribution is 2.17. The first-order chi connectivity index (χ1) is 12.3. The average Bonchev–Trinajstić information content (AvgIpc) is 2.90. The van der Waals surface area contributed by atoms with Gasteiger partial charge >= 0.3 is 17.5 Å². The molecule has 0 saturated carbocycles. The Morgan fingerprint density at radius 2 is 1.96 bits per heavy atom. The van der Waals surface area contributed by atoms with Crippen molar-refractivity contribution in [3.8, 4) is 5.75 Å². The number of thiazole rings is 1. The second kappa shape index (κ2) is 9.09. The van der Waals surface area contributed by atoms with Crippen LogP contribution in [0.3, 0.4) is 0 Å². The highest BCUT2D eigenvalue weighted by molar-refractivity contribution is 7.07. The normalized spacial score (nSPS) is 10.6. The van der Waals surface area contributed by atoms with Crippen molar-refractivity contribution in [3.63, 3.8) is 0 Å². The van der Waals surface area contributed by atoms with Crippen LogP contribution in [0.25, 0.3) is 0 Å². The van der Waals surface area contributed by atoms with Crippen LogP contribution in [0.5, 0.6) is 5.75 Å². The van der Waals surface area contributed by atoms with Gasteiger partial charge in [0.2, 0.25) is 0 Å². The molecule has 0 saturated heterocycles. The van der Waals surface area contributed by atoms with Crippen molar-refractivity contribution in [2.45, 2.75) is 26.5 Å². The van der Waals surface area contributed by atoms with E-state index in [1.165, 1.54) is 28.8 Å². The Balaban J connectivity index is 1.74. The van der Waals surface area contributed by atoms with Gasteiger partial charge in [0.1, 0.15) is 5.75 Å². The molecule has 1 heterocycles. The number of esters is 1. The first kappa shape index (κ1) is 19.6. The quantitative estimate of drug-likeness (QED) is 0.704. The summed E-state index contributed by atoms with van der Waals surface area (Å²) in [4.78, 5) is 34.8. The molecule has 0 bridgehead atoms. The van der Waals surface area contributed by atoms with Crippen molar-refractivity contribution in [1.82, 2.24) is 4.57 Å². The fourth-order valence-electron chi connectivity index (χ4n) is 2.01. The summed E-state index contributed by atoms with van der Waals surface area (Å²) in [6, 6.07) is 5.30. The molecule has 0 fully saturated rings. The highest BCUT2D eigenvalue weighted by Gasteiger charge is 2.11. The summed E-state index contributed by atoms with van der Waals surface area (Å²) in [6.45, 7) is -1.48. The molecule has 2 aromatic rings. The van der Waals surface area contributed by atoms with E-state index in [-0.39, 0.29) is 23.6 Å². The van der Waals surface area contributed by atoms with Crippen LogP contribution in [-0.2, 0) is 20.9 Å². The standard InChI is InChI=1S/C16H16F2N2O5S/c1-10-9-26-16(23)20(10)7-6-14(22)24-8-13(21)19-11-2-4-12(5-3-11)25-15(17)18/h2-5,9,15H,6-8H2,1H3,(H,19,21). The number of aromatic nitrogens is 1. The number of halogens is 2. The van der Waals surface area contributed by atoms with Gasteiger partial charge in [0.15, 0.2) is 6.61 Å². The minimum absolute atomic E-state index is 0.0373. The minimum Gasteiger partial charge on any atom is -0.456 e. The van der Waals surface area contributed by atoms with Gasteiger partial charge in [-0.3, -0.25) is 14.4 Å². The Labute approximate surface area is 151 Å². The summed E-state index contributed by atoms with van der Waals surface area (Å²) in [7, 11) is 0. The van der Waals surface area contributed by atoms with Crippen molar-refractivity contribution in [2.24, 2.45) is 0 Å². The van der Waals surface area contributed by atoms with Gasteiger partial charge < -0.3 is 19.4 Å². The molecule has 1 aromatic carbocycles. The lowest BCUT2D eigenvalue weighted by molar-refractivity contribution is -0.147. The van der Waals surface area contributed by atoms with Crippen molar-refractivity contribution < 1.29 is 27.8 Å². The molecule has 1 N–H and O–H groups in total. The monoisotopic (exact) mass is 386 g/mol. The molecule has 0 aliphatic carbocycles. The maximum absolute atomic E-state index is 12.0. The molecule has 140 valence electrons. The molecule has 0 spiro atoms. The van der Waals surface area contributed by atoms with Gasteiger partial charge in [-0.1, -0.05) is 11.3 Å². The van der Waals surface area contributed by atoms with Gasteiger partial charge in [0.05, 0.1) is 6.42 Å². The van der Waals surface area contributed by atoms with Gasteiger partial charge in [-0.05, 0) is 31.2 Å². The van der Waals surface area contributed by atoms with Crippen LogP contribution in [0.4, 0.5) is 14.5 Å². The average molecular weight is 386 g/mol. The number of amides is 1. The molecule has 2 rings (SSSR count). The number of carbonyl (C=O) groups excluding carboxylic acids is 2. The third kappa shape index (κ3) is 5.96. The van der Waals surface area contributed by atoms with E-state index in [9.17, 15) is 23.2 Å². The van der Waals surface area contributed by atoms with Crippen LogP contribution in [-0.4, -0.2) is 29.7 Å². The number of hydrogen-bond acceptors (Lipinski definition) is 6. The Morgan fingerprint density at radius 1 is 1.27 bits per heavy atom. The maximum Gasteiger partial charge on any atom is 0.387 e. The highest BCUT2D eigenvalue weighted by atomic mass is 32.1. The van der Waals surface area contributed by atoms with E-state index in [1.807, 2.05) is 0 Å². The van der Waals surface area contributed by atoms with Crippen LogP contribution in [0.2, 0.25) is 0 Å². The van der Waals surface area contributed by atoms with E-state index in [2.05, 4.69) is 10.1 Å². The van der Waals surface area contributed by atoms with Gasteiger partial charge in [0.25, 0.3) is 5.91 Å². The van der Waals surface area contributed by atoms with Gasteiger partial charge in [-0.2, -0.15) is 8.78 Å². The Morgan fingerprint density at radius 3 is 2.54 bits per heavy atom. The zero-order valence-corrected chi connectivity index (χ0v) is 14.6. The smallest absolute Gasteiger partial charge is 0.387 e. The summed E-state index contributed by atoms with van der Waals surface area (Å²) >= 11 is 1.05. The summed E-state index contributed by atoms with van der Waals surface area (Å²) in [6.07, 6.45) is -0.0373. The number of nitrogens with one attached hydrogen (secondary N) is 1. The second-order valence-electron chi connectivity index (χ2n) is 5.16. The van der Waals surface area contributed by atoms with E-state index in [0.717, 1.165) is 17.0 Å². The number of hydrogen-bond donors (Lipinski definition) is 1. The number of aryl methyl sites for hydroxylation is 1. The molecule has 0 radical (unpaired) electrons. The van der Waals surface area contributed by atoms with Gasteiger partial charge in [-0.15, -0.1) is 0 Å². The summed E-state index contributed by atoms with van der Waals surface area (Å²) < 4.78 is 34.6. The minimum atomic E-state index is -2.93. The van der Waals surface area contributed by atoms with E-state index in [1.54, 1.807) is 12.3 Å². The van der Waals surface area contributed by atoms with Crippen molar-refractivity contribution >= 4 is 28.9 Å². The Kier molecular flexibility index (Phi) is 6.84. The fourth-order valence-corrected chi connectivity index (χ4v) is 2.77. The van der Waals surface area contributed by atoms with Crippen LogP contribution in [0, 0.1) is 6.92 Å². The predicted molar refractivity (Wildman–Crippen MR) is 90.6 cm³/mol. The second-order valence-corrected chi connectivity index (χ2v) is 5.98. The molecule has 0 aliphatic rings. The van der Waals surface area contributed by atoms with Gasteiger partial charge in [0, 0.05) is 23.3 Å². The zero-order valence-electron chi connectivity index (χ0n) is 13.7. The van der Waals surface area contributed by atoms with E-state index >= 15 is 0 Å². The molecule has 7 nitrogen and oxygen atoms in total. The zero-order chi connectivity index (χ0) is 19.1. The van der Waals surface area contributed by atoms with E-state index in [0.29, 0.717) is 5.69 Å². The van der Waals surface area contributed by atoms with Crippen LogP contribution in [0.1, 0.15) is 12.1 Å². The molecular formula is C16H16F2N2O5S.